The Balaban J connectivity index is 2.00. The number of ether oxygens (including phenoxy) is 1. The Bertz CT molecular complexity index is 714. The third-order valence-electron chi connectivity index (χ3n) is 4.37. The number of nitrogens with two attached hydrogens (primary N) is 1. The molecule has 2 aromatic rings. The van der Waals surface area contributed by atoms with Crippen molar-refractivity contribution < 1.29 is 13.5 Å². The van der Waals surface area contributed by atoms with Gasteiger partial charge in [-0.2, -0.15) is 0 Å². The molecule has 2 N–H and O–H groups in total. The highest BCUT2D eigenvalue weighted by Crippen LogP contribution is 2.42. The number of benzene rings is 2. The minimum Gasteiger partial charge on any atom is -0.480 e. The van der Waals surface area contributed by atoms with Crippen LogP contribution in [0.1, 0.15) is 37.7 Å². The van der Waals surface area contributed by atoms with Crippen LogP contribution in [-0.4, -0.2) is 0 Å². The van der Waals surface area contributed by atoms with Gasteiger partial charge in [0.1, 0.15) is 11.4 Å². The van der Waals surface area contributed by atoms with E-state index >= 15 is 0 Å². The molecule has 1 fully saturated rings. The van der Waals surface area contributed by atoms with Crippen molar-refractivity contribution in [3.05, 3.63) is 58.6 Å². The molecule has 1 aliphatic rings. The fraction of sp³-hybridized carbons (Fsp3) is 0.333. The van der Waals surface area contributed by atoms with Crippen LogP contribution >= 0.6 is 11.6 Å². The molecular formula is C18H18ClF2NO. The predicted octanol–water partition coefficient (Wildman–Crippen LogP) is 5.44. The van der Waals surface area contributed by atoms with Gasteiger partial charge < -0.3 is 10.5 Å². The van der Waals surface area contributed by atoms with E-state index in [-0.39, 0.29) is 10.8 Å². The number of rotatable bonds is 3. The van der Waals surface area contributed by atoms with Crippen molar-refractivity contribution in [3.8, 4) is 5.75 Å². The van der Waals surface area contributed by atoms with Crippen molar-refractivity contribution >= 4 is 17.3 Å². The van der Waals surface area contributed by atoms with Crippen LogP contribution < -0.4 is 10.5 Å². The quantitative estimate of drug-likeness (QED) is 0.757. The van der Waals surface area contributed by atoms with Gasteiger partial charge in [0, 0.05) is 11.8 Å². The van der Waals surface area contributed by atoms with Crippen LogP contribution in [0.2, 0.25) is 5.02 Å². The molecule has 0 saturated heterocycles. The molecule has 0 amide bonds. The Morgan fingerprint density at radius 3 is 2.35 bits per heavy atom. The van der Waals surface area contributed by atoms with Gasteiger partial charge in [-0.15, -0.1) is 0 Å². The smallest absolute Gasteiger partial charge is 0.167 e. The lowest BCUT2D eigenvalue weighted by Gasteiger charge is -2.38. The number of hydrogen-bond donors (Lipinski definition) is 1. The first-order chi connectivity index (χ1) is 11.0. The van der Waals surface area contributed by atoms with E-state index in [1.165, 1.54) is 24.3 Å². The van der Waals surface area contributed by atoms with E-state index in [0.29, 0.717) is 24.1 Å². The van der Waals surface area contributed by atoms with Crippen molar-refractivity contribution in [2.75, 3.05) is 5.73 Å². The van der Waals surface area contributed by atoms with Gasteiger partial charge in [-0.05, 0) is 55.5 Å². The van der Waals surface area contributed by atoms with E-state index in [1.54, 1.807) is 12.1 Å². The molecule has 23 heavy (non-hydrogen) atoms. The van der Waals surface area contributed by atoms with Gasteiger partial charge in [0.2, 0.25) is 0 Å². The lowest BCUT2D eigenvalue weighted by Crippen LogP contribution is -2.35. The average molecular weight is 338 g/mol. The van der Waals surface area contributed by atoms with Crippen LogP contribution in [0.3, 0.4) is 0 Å². The van der Waals surface area contributed by atoms with E-state index in [9.17, 15) is 8.78 Å². The maximum absolute atomic E-state index is 14.1. The fourth-order valence-electron chi connectivity index (χ4n) is 3.16. The molecule has 0 unspecified atom stereocenters. The average Bonchev–Trinajstić information content (AvgIpc) is 2.54. The van der Waals surface area contributed by atoms with Gasteiger partial charge in [0.25, 0.3) is 0 Å². The van der Waals surface area contributed by atoms with Gasteiger partial charge >= 0.3 is 0 Å². The maximum Gasteiger partial charge on any atom is 0.167 e. The first-order valence-corrected chi connectivity index (χ1v) is 8.08. The normalized spacial score (nSPS) is 17.0. The molecule has 0 aromatic heterocycles. The summed E-state index contributed by atoms with van der Waals surface area (Å²) in [4.78, 5) is 0. The number of halogens is 3. The molecule has 1 saturated carbocycles. The van der Waals surface area contributed by atoms with Crippen molar-refractivity contribution in [2.45, 2.75) is 37.7 Å². The Morgan fingerprint density at radius 2 is 1.70 bits per heavy atom. The molecule has 122 valence electrons. The first-order valence-electron chi connectivity index (χ1n) is 7.70. The van der Waals surface area contributed by atoms with E-state index in [4.69, 9.17) is 22.1 Å². The summed E-state index contributed by atoms with van der Waals surface area (Å²) in [6.45, 7) is 0. The number of hydrogen-bond acceptors (Lipinski definition) is 2. The highest BCUT2D eigenvalue weighted by Gasteiger charge is 2.37. The zero-order valence-corrected chi connectivity index (χ0v) is 13.4. The van der Waals surface area contributed by atoms with Gasteiger partial charge in [-0.1, -0.05) is 24.1 Å². The summed E-state index contributed by atoms with van der Waals surface area (Å²) in [5.41, 5.74) is 5.87. The SMILES string of the molecule is Nc1ccc(OC2(c3ccc(Cl)c(F)c3)CCCCC2)c(F)c1. The summed E-state index contributed by atoms with van der Waals surface area (Å²) in [7, 11) is 0. The first kappa shape index (κ1) is 16.1. The number of nitrogen functional groups attached to an aromatic ring is 1. The van der Waals surface area contributed by atoms with Crippen LogP contribution in [0.15, 0.2) is 36.4 Å². The van der Waals surface area contributed by atoms with Crippen molar-refractivity contribution in [2.24, 2.45) is 0 Å². The van der Waals surface area contributed by atoms with Crippen molar-refractivity contribution in [1.82, 2.24) is 0 Å². The lowest BCUT2D eigenvalue weighted by molar-refractivity contribution is 0.0224. The third kappa shape index (κ3) is 3.27. The fourth-order valence-corrected chi connectivity index (χ4v) is 3.28. The van der Waals surface area contributed by atoms with Crippen molar-refractivity contribution in [3.63, 3.8) is 0 Å². The Kier molecular flexibility index (Phi) is 4.44. The maximum atomic E-state index is 14.1. The van der Waals surface area contributed by atoms with Gasteiger partial charge in [0.15, 0.2) is 11.6 Å². The monoisotopic (exact) mass is 337 g/mol. The standard InChI is InChI=1S/C18H18ClF2NO/c19-14-6-4-12(10-15(14)20)18(8-2-1-3-9-18)23-17-7-5-13(22)11-16(17)21/h4-7,10-11H,1-3,8-9,22H2. The van der Waals surface area contributed by atoms with Crippen LogP contribution in [0.5, 0.6) is 5.75 Å². The Morgan fingerprint density at radius 1 is 0.957 bits per heavy atom. The highest BCUT2D eigenvalue weighted by atomic mass is 35.5. The van der Waals surface area contributed by atoms with Crippen molar-refractivity contribution in [1.29, 1.82) is 0 Å². The van der Waals surface area contributed by atoms with Crippen LogP contribution in [-0.2, 0) is 5.60 Å². The molecule has 0 spiro atoms. The van der Waals surface area contributed by atoms with Crippen LogP contribution in [0, 0.1) is 11.6 Å². The summed E-state index contributed by atoms with van der Waals surface area (Å²) in [5.74, 6) is -0.865. The van der Waals surface area contributed by atoms with E-state index in [2.05, 4.69) is 0 Å². The molecule has 1 aliphatic carbocycles. The Labute approximate surface area is 139 Å². The molecule has 0 aliphatic heterocycles. The summed E-state index contributed by atoms with van der Waals surface area (Å²) in [6, 6.07) is 9.01. The minimum absolute atomic E-state index is 0.0679. The van der Waals surface area contributed by atoms with E-state index < -0.39 is 17.2 Å². The second-order valence-electron chi connectivity index (χ2n) is 5.98. The number of anilines is 1. The molecule has 0 bridgehead atoms. The minimum atomic E-state index is -0.735. The zero-order valence-electron chi connectivity index (χ0n) is 12.6. The topological polar surface area (TPSA) is 35.2 Å². The second-order valence-corrected chi connectivity index (χ2v) is 6.38. The summed E-state index contributed by atoms with van der Waals surface area (Å²) < 4.78 is 34.1. The Hall–Kier alpha value is -1.81. The zero-order chi connectivity index (χ0) is 16.4. The molecule has 3 rings (SSSR count). The second kappa shape index (κ2) is 6.36. The highest BCUT2D eigenvalue weighted by molar-refractivity contribution is 6.30. The van der Waals surface area contributed by atoms with Crippen LogP contribution in [0.25, 0.3) is 0 Å². The summed E-state index contributed by atoms with van der Waals surface area (Å²) >= 11 is 5.78. The molecule has 2 aromatic carbocycles. The largest absolute Gasteiger partial charge is 0.480 e. The molecule has 2 nitrogen and oxygen atoms in total. The van der Waals surface area contributed by atoms with E-state index in [1.807, 2.05) is 0 Å². The molecule has 5 heteroatoms. The van der Waals surface area contributed by atoms with Gasteiger partial charge in [0.05, 0.1) is 5.02 Å². The van der Waals surface area contributed by atoms with Gasteiger partial charge in [-0.25, -0.2) is 8.78 Å². The van der Waals surface area contributed by atoms with Gasteiger partial charge in [-0.3, -0.25) is 0 Å². The summed E-state index contributed by atoms with van der Waals surface area (Å²) in [5, 5.41) is 0.0679. The molecule has 0 radical (unpaired) electrons. The third-order valence-corrected chi connectivity index (χ3v) is 4.67. The predicted molar refractivity (Wildman–Crippen MR) is 87.6 cm³/mol. The van der Waals surface area contributed by atoms with E-state index in [0.717, 1.165) is 19.3 Å². The molecule has 0 atom stereocenters. The molecule has 0 heterocycles. The molecular weight excluding hydrogens is 320 g/mol. The lowest BCUT2D eigenvalue weighted by atomic mass is 9.79. The van der Waals surface area contributed by atoms with Crippen LogP contribution in [0.4, 0.5) is 14.5 Å². The summed E-state index contributed by atoms with van der Waals surface area (Å²) in [6.07, 6.45) is 4.39.